The minimum atomic E-state index is -4.82. The number of alkyl halides is 3. The SMILES string of the molecule is O=[N+]([O-])c1ccc(-c2ccccc2OC(F)(F)F)nc1. The van der Waals surface area contributed by atoms with Crippen LogP contribution in [-0.4, -0.2) is 16.3 Å². The summed E-state index contributed by atoms with van der Waals surface area (Å²) in [6, 6.07) is 7.85. The maximum atomic E-state index is 12.3. The molecule has 0 spiro atoms. The van der Waals surface area contributed by atoms with Crippen LogP contribution in [0.2, 0.25) is 0 Å². The Hall–Kier alpha value is -2.64. The van der Waals surface area contributed by atoms with E-state index in [0.29, 0.717) is 0 Å². The van der Waals surface area contributed by atoms with Gasteiger partial charge in [0.15, 0.2) is 0 Å². The van der Waals surface area contributed by atoms with Crippen molar-refractivity contribution in [3.8, 4) is 17.0 Å². The van der Waals surface area contributed by atoms with Crippen LogP contribution in [0.1, 0.15) is 0 Å². The molecular formula is C12H7F3N2O3. The second-order valence-electron chi connectivity index (χ2n) is 3.70. The standard InChI is InChI=1S/C12H7F3N2O3/c13-12(14,15)20-11-4-2-1-3-9(11)10-6-5-8(7-16-10)17(18)19/h1-7H. The molecule has 0 aliphatic rings. The fraction of sp³-hybridized carbons (Fsp3) is 0.0833. The molecule has 1 aromatic heterocycles. The summed E-state index contributed by atoms with van der Waals surface area (Å²) in [5.41, 5.74) is -0.00172. The number of benzene rings is 1. The van der Waals surface area contributed by atoms with Crippen molar-refractivity contribution >= 4 is 5.69 Å². The lowest BCUT2D eigenvalue weighted by molar-refractivity contribution is -0.385. The first-order valence-electron chi connectivity index (χ1n) is 5.32. The number of nitrogens with zero attached hydrogens (tertiary/aromatic N) is 2. The zero-order valence-corrected chi connectivity index (χ0v) is 9.79. The summed E-state index contributed by atoms with van der Waals surface area (Å²) in [5.74, 6) is -0.415. The van der Waals surface area contributed by atoms with Crippen LogP contribution in [0.5, 0.6) is 5.75 Å². The van der Waals surface area contributed by atoms with Crippen LogP contribution in [0.25, 0.3) is 11.3 Å². The average molecular weight is 284 g/mol. The van der Waals surface area contributed by atoms with Crippen LogP contribution in [0.3, 0.4) is 0 Å². The first-order valence-corrected chi connectivity index (χ1v) is 5.32. The fourth-order valence-corrected chi connectivity index (χ4v) is 1.55. The van der Waals surface area contributed by atoms with Crippen LogP contribution >= 0.6 is 0 Å². The summed E-state index contributed by atoms with van der Waals surface area (Å²) in [6.45, 7) is 0. The number of nitro groups is 1. The molecule has 0 aliphatic heterocycles. The van der Waals surface area contributed by atoms with E-state index in [1.165, 1.54) is 24.3 Å². The van der Waals surface area contributed by atoms with Gasteiger partial charge in [-0.2, -0.15) is 0 Å². The monoisotopic (exact) mass is 284 g/mol. The van der Waals surface area contributed by atoms with E-state index in [9.17, 15) is 23.3 Å². The first-order chi connectivity index (χ1) is 9.37. The van der Waals surface area contributed by atoms with Crippen molar-refractivity contribution in [2.24, 2.45) is 0 Å². The Labute approximate surface area is 110 Å². The van der Waals surface area contributed by atoms with Crippen molar-refractivity contribution in [3.63, 3.8) is 0 Å². The predicted octanol–water partition coefficient (Wildman–Crippen LogP) is 3.56. The van der Waals surface area contributed by atoms with Gasteiger partial charge in [0.25, 0.3) is 5.69 Å². The number of rotatable bonds is 3. The van der Waals surface area contributed by atoms with Crippen LogP contribution < -0.4 is 4.74 Å². The summed E-state index contributed by atoms with van der Waals surface area (Å²) in [7, 11) is 0. The lowest BCUT2D eigenvalue weighted by Gasteiger charge is -2.12. The Kier molecular flexibility index (Phi) is 3.55. The summed E-state index contributed by atoms with van der Waals surface area (Å²) < 4.78 is 40.7. The average Bonchev–Trinajstić information content (AvgIpc) is 2.37. The Morgan fingerprint density at radius 2 is 1.85 bits per heavy atom. The second-order valence-corrected chi connectivity index (χ2v) is 3.70. The molecule has 0 aliphatic carbocycles. The molecule has 1 heterocycles. The third kappa shape index (κ3) is 3.22. The van der Waals surface area contributed by atoms with Gasteiger partial charge in [-0.15, -0.1) is 13.2 Å². The zero-order valence-electron chi connectivity index (χ0n) is 9.79. The van der Waals surface area contributed by atoms with Gasteiger partial charge in [0.1, 0.15) is 11.9 Å². The molecule has 5 nitrogen and oxygen atoms in total. The molecule has 0 amide bonds. The van der Waals surface area contributed by atoms with Crippen LogP contribution in [0.4, 0.5) is 18.9 Å². The smallest absolute Gasteiger partial charge is 0.405 e. The highest BCUT2D eigenvalue weighted by molar-refractivity contribution is 5.67. The molecule has 0 atom stereocenters. The van der Waals surface area contributed by atoms with Gasteiger partial charge in [0, 0.05) is 11.6 Å². The van der Waals surface area contributed by atoms with E-state index >= 15 is 0 Å². The molecule has 104 valence electrons. The van der Waals surface area contributed by atoms with E-state index < -0.39 is 17.0 Å². The predicted molar refractivity (Wildman–Crippen MR) is 63.0 cm³/mol. The van der Waals surface area contributed by atoms with E-state index in [1.54, 1.807) is 0 Å². The molecule has 0 saturated carbocycles. The number of halogens is 3. The number of pyridine rings is 1. The van der Waals surface area contributed by atoms with Gasteiger partial charge >= 0.3 is 6.36 Å². The van der Waals surface area contributed by atoms with Crippen molar-refractivity contribution < 1.29 is 22.8 Å². The highest BCUT2D eigenvalue weighted by Crippen LogP contribution is 2.32. The number of aromatic nitrogens is 1. The van der Waals surface area contributed by atoms with Crippen molar-refractivity contribution in [2.45, 2.75) is 6.36 Å². The molecule has 1 aromatic carbocycles. The van der Waals surface area contributed by atoms with Crippen LogP contribution in [0, 0.1) is 10.1 Å². The third-order valence-electron chi connectivity index (χ3n) is 2.35. The van der Waals surface area contributed by atoms with Gasteiger partial charge in [-0.05, 0) is 18.2 Å². The Morgan fingerprint density at radius 3 is 2.40 bits per heavy atom. The Balaban J connectivity index is 2.39. The number of para-hydroxylation sites is 1. The lowest BCUT2D eigenvalue weighted by Crippen LogP contribution is -2.17. The van der Waals surface area contributed by atoms with Gasteiger partial charge in [0.2, 0.25) is 0 Å². The molecule has 8 heteroatoms. The Morgan fingerprint density at radius 1 is 1.15 bits per heavy atom. The molecule has 0 fully saturated rings. The normalized spacial score (nSPS) is 11.2. The molecule has 0 bridgehead atoms. The van der Waals surface area contributed by atoms with Gasteiger partial charge < -0.3 is 4.74 Å². The summed E-state index contributed by atoms with van der Waals surface area (Å²) >= 11 is 0. The second kappa shape index (κ2) is 5.16. The van der Waals surface area contributed by atoms with E-state index in [4.69, 9.17) is 0 Å². The number of hydrogen-bond acceptors (Lipinski definition) is 4. The number of hydrogen-bond donors (Lipinski definition) is 0. The fourth-order valence-electron chi connectivity index (χ4n) is 1.55. The van der Waals surface area contributed by atoms with E-state index in [2.05, 4.69) is 9.72 Å². The quantitative estimate of drug-likeness (QED) is 0.638. The van der Waals surface area contributed by atoms with Crippen molar-refractivity contribution in [2.75, 3.05) is 0 Å². The van der Waals surface area contributed by atoms with Crippen molar-refractivity contribution in [3.05, 3.63) is 52.7 Å². The third-order valence-corrected chi connectivity index (χ3v) is 2.35. The summed E-state index contributed by atoms with van der Waals surface area (Å²) in [5, 5.41) is 10.5. The van der Waals surface area contributed by atoms with E-state index in [0.717, 1.165) is 18.3 Å². The molecule has 0 unspecified atom stereocenters. The van der Waals surface area contributed by atoms with Crippen molar-refractivity contribution in [1.82, 2.24) is 4.98 Å². The largest absolute Gasteiger partial charge is 0.573 e. The zero-order chi connectivity index (χ0) is 14.8. The molecule has 0 saturated heterocycles. The molecule has 0 N–H and O–H groups in total. The van der Waals surface area contributed by atoms with Gasteiger partial charge in [0.05, 0.1) is 10.6 Å². The number of ether oxygens (including phenoxy) is 1. The van der Waals surface area contributed by atoms with Crippen LogP contribution in [0.15, 0.2) is 42.6 Å². The van der Waals surface area contributed by atoms with Crippen LogP contribution in [-0.2, 0) is 0 Å². The van der Waals surface area contributed by atoms with E-state index in [-0.39, 0.29) is 16.9 Å². The van der Waals surface area contributed by atoms with Crippen molar-refractivity contribution in [1.29, 1.82) is 0 Å². The maximum absolute atomic E-state index is 12.3. The minimum absolute atomic E-state index is 0.0970. The van der Waals surface area contributed by atoms with Gasteiger partial charge in [-0.3, -0.25) is 10.1 Å². The maximum Gasteiger partial charge on any atom is 0.573 e. The van der Waals surface area contributed by atoms with Gasteiger partial charge in [-0.25, -0.2) is 4.98 Å². The molecule has 20 heavy (non-hydrogen) atoms. The molecule has 0 radical (unpaired) electrons. The van der Waals surface area contributed by atoms with Gasteiger partial charge in [-0.1, -0.05) is 12.1 Å². The molecular weight excluding hydrogens is 277 g/mol. The first kappa shape index (κ1) is 13.8. The summed E-state index contributed by atoms with van der Waals surface area (Å²) in [6.07, 6.45) is -3.85. The molecule has 2 rings (SSSR count). The highest BCUT2D eigenvalue weighted by atomic mass is 19.4. The lowest BCUT2D eigenvalue weighted by atomic mass is 10.1. The molecule has 2 aromatic rings. The van der Waals surface area contributed by atoms with E-state index in [1.807, 2.05) is 0 Å². The highest BCUT2D eigenvalue weighted by Gasteiger charge is 2.32. The summed E-state index contributed by atoms with van der Waals surface area (Å²) in [4.78, 5) is 13.6. The minimum Gasteiger partial charge on any atom is -0.405 e. The topological polar surface area (TPSA) is 65.3 Å². The Bertz CT molecular complexity index is 627.